The van der Waals surface area contributed by atoms with Crippen molar-refractivity contribution in [2.75, 3.05) is 23.7 Å². The summed E-state index contributed by atoms with van der Waals surface area (Å²) in [4.78, 5) is 27.1. The molecule has 0 spiro atoms. The Hall–Kier alpha value is -2.00. The third kappa shape index (κ3) is 7.00. The van der Waals surface area contributed by atoms with Crippen LogP contribution in [0.5, 0.6) is 0 Å². The minimum Gasteiger partial charge on any atom is -0.355 e. The third-order valence-electron chi connectivity index (χ3n) is 4.64. The van der Waals surface area contributed by atoms with Gasteiger partial charge in [-0.2, -0.15) is 0 Å². The highest BCUT2D eigenvalue weighted by Gasteiger charge is 2.30. The van der Waals surface area contributed by atoms with Crippen LogP contribution in [0.3, 0.4) is 0 Å². The van der Waals surface area contributed by atoms with E-state index in [0.717, 1.165) is 16.1 Å². The fourth-order valence-corrected chi connectivity index (χ4v) is 4.38. The van der Waals surface area contributed by atoms with Crippen LogP contribution in [0.2, 0.25) is 15.1 Å². The molecule has 0 heterocycles. The van der Waals surface area contributed by atoms with Crippen molar-refractivity contribution in [1.29, 1.82) is 0 Å². The maximum atomic E-state index is 13.3. The van der Waals surface area contributed by atoms with E-state index >= 15 is 0 Å². The Morgan fingerprint density at radius 2 is 1.62 bits per heavy atom. The van der Waals surface area contributed by atoms with Crippen molar-refractivity contribution < 1.29 is 18.0 Å². The van der Waals surface area contributed by atoms with Crippen LogP contribution in [0, 0.1) is 0 Å². The molecule has 2 aromatic carbocycles. The lowest BCUT2D eigenvalue weighted by atomic mass is 10.1. The van der Waals surface area contributed by atoms with E-state index in [2.05, 4.69) is 5.32 Å². The van der Waals surface area contributed by atoms with Gasteiger partial charge in [-0.1, -0.05) is 46.9 Å². The van der Waals surface area contributed by atoms with Crippen molar-refractivity contribution in [1.82, 2.24) is 10.2 Å². The first-order valence-corrected chi connectivity index (χ1v) is 12.7. The normalized spacial score (nSPS) is 12.2. The van der Waals surface area contributed by atoms with E-state index in [4.69, 9.17) is 34.8 Å². The number of amides is 2. The lowest BCUT2D eigenvalue weighted by Gasteiger charge is -2.31. The van der Waals surface area contributed by atoms with Crippen molar-refractivity contribution in [2.45, 2.75) is 26.4 Å². The molecule has 0 fully saturated rings. The van der Waals surface area contributed by atoms with Gasteiger partial charge in [0, 0.05) is 23.1 Å². The lowest BCUT2D eigenvalue weighted by Crippen LogP contribution is -2.51. The highest BCUT2D eigenvalue weighted by molar-refractivity contribution is 7.92. The zero-order chi connectivity index (χ0) is 24.1. The fraction of sp³-hybridized carbons (Fsp3) is 0.333. The Labute approximate surface area is 203 Å². The third-order valence-corrected chi connectivity index (χ3v) is 6.57. The number of likely N-dealkylation sites (N-methyl/N-ethyl adjacent to an activating group) is 1. The highest BCUT2D eigenvalue weighted by Crippen LogP contribution is 2.31. The molecule has 32 heavy (non-hydrogen) atoms. The molecule has 0 radical (unpaired) electrons. The summed E-state index contributed by atoms with van der Waals surface area (Å²) in [5, 5.41) is 3.60. The number of rotatable bonds is 9. The summed E-state index contributed by atoms with van der Waals surface area (Å²) in [6, 6.07) is 10.3. The lowest BCUT2D eigenvalue weighted by molar-refractivity contribution is -0.139. The number of nitrogens with one attached hydrogen (secondary N) is 1. The predicted octanol–water partition coefficient (Wildman–Crippen LogP) is 3.97. The van der Waals surface area contributed by atoms with Gasteiger partial charge >= 0.3 is 0 Å². The number of carbonyl (C=O) groups excluding carboxylic acids is 2. The first kappa shape index (κ1) is 26.3. The zero-order valence-electron chi connectivity index (χ0n) is 17.8. The molecule has 0 aromatic heterocycles. The summed E-state index contributed by atoms with van der Waals surface area (Å²) in [5.41, 5.74) is 0.803. The highest BCUT2D eigenvalue weighted by atomic mass is 35.5. The minimum atomic E-state index is -3.90. The fourth-order valence-electron chi connectivity index (χ4n) is 2.96. The van der Waals surface area contributed by atoms with Gasteiger partial charge in [0.2, 0.25) is 21.8 Å². The molecule has 174 valence electrons. The number of anilines is 1. The molecule has 0 saturated carbocycles. The monoisotopic (exact) mass is 519 g/mol. The van der Waals surface area contributed by atoms with Gasteiger partial charge in [0.05, 0.1) is 17.0 Å². The number of hydrogen-bond donors (Lipinski definition) is 1. The Morgan fingerprint density at radius 1 is 1.03 bits per heavy atom. The van der Waals surface area contributed by atoms with Crippen molar-refractivity contribution in [3.8, 4) is 0 Å². The van der Waals surface area contributed by atoms with E-state index in [1.165, 1.54) is 23.1 Å². The van der Waals surface area contributed by atoms with Gasteiger partial charge in [-0.3, -0.25) is 13.9 Å². The summed E-state index contributed by atoms with van der Waals surface area (Å²) in [5.74, 6) is -0.943. The van der Waals surface area contributed by atoms with Gasteiger partial charge < -0.3 is 10.2 Å². The summed E-state index contributed by atoms with van der Waals surface area (Å²) in [6.07, 6.45) is 0.967. The first-order valence-electron chi connectivity index (χ1n) is 9.68. The molecule has 11 heteroatoms. The van der Waals surface area contributed by atoms with Crippen LogP contribution in [-0.2, 0) is 26.2 Å². The van der Waals surface area contributed by atoms with Crippen LogP contribution in [0.1, 0.15) is 19.4 Å². The molecule has 2 aromatic rings. The number of hydrogen-bond acceptors (Lipinski definition) is 4. The van der Waals surface area contributed by atoms with E-state index in [0.29, 0.717) is 11.6 Å². The SMILES string of the molecule is CCNC(=O)[C@H](C)N(Cc1ccc(Cl)cc1)C(=O)CN(c1cc(Cl)ccc1Cl)S(C)(=O)=O. The van der Waals surface area contributed by atoms with Gasteiger partial charge in [-0.15, -0.1) is 0 Å². The van der Waals surface area contributed by atoms with Crippen molar-refractivity contribution in [3.05, 3.63) is 63.1 Å². The summed E-state index contributed by atoms with van der Waals surface area (Å²) in [6.45, 7) is 3.25. The van der Waals surface area contributed by atoms with Gasteiger partial charge in [-0.05, 0) is 49.7 Å². The van der Waals surface area contributed by atoms with Gasteiger partial charge in [-0.25, -0.2) is 8.42 Å². The molecule has 1 N–H and O–H groups in total. The second-order valence-corrected chi connectivity index (χ2v) is 10.3. The molecule has 0 aliphatic heterocycles. The summed E-state index contributed by atoms with van der Waals surface area (Å²) in [7, 11) is -3.90. The zero-order valence-corrected chi connectivity index (χ0v) is 20.9. The Morgan fingerprint density at radius 3 is 2.19 bits per heavy atom. The van der Waals surface area contributed by atoms with Crippen LogP contribution < -0.4 is 9.62 Å². The molecule has 1 atom stereocenters. The van der Waals surface area contributed by atoms with Gasteiger partial charge in [0.25, 0.3) is 0 Å². The Balaban J connectivity index is 2.42. The van der Waals surface area contributed by atoms with Crippen LogP contribution >= 0.6 is 34.8 Å². The minimum absolute atomic E-state index is 0.0760. The molecular formula is C21H24Cl3N3O4S. The van der Waals surface area contributed by atoms with Crippen molar-refractivity contribution in [3.63, 3.8) is 0 Å². The molecule has 0 bridgehead atoms. The second-order valence-electron chi connectivity index (χ2n) is 7.08. The first-order chi connectivity index (χ1) is 14.9. The quantitative estimate of drug-likeness (QED) is 0.542. The molecule has 0 unspecified atom stereocenters. The van der Waals surface area contributed by atoms with Crippen LogP contribution in [0.4, 0.5) is 5.69 Å². The predicted molar refractivity (Wildman–Crippen MR) is 129 cm³/mol. The summed E-state index contributed by atoms with van der Waals surface area (Å²) >= 11 is 18.1. The van der Waals surface area contributed by atoms with Crippen molar-refractivity contribution in [2.24, 2.45) is 0 Å². The standard InChI is InChI=1S/C21H24Cl3N3O4S/c1-4-25-21(29)14(2)26(12-15-5-7-16(22)8-6-15)20(28)13-27(32(3,30)31)19-11-17(23)9-10-18(19)24/h5-11,14H,4,12-13H2,1-3H3,(H,25,29)/t14-/m0/s1. The number of nitrogens with zero attached hydrogens (tertiary/aromatic N) is 2. The molecule has 0 saturated heterocycles. The van der Waals surface area contributed by atoms with E-state index in [-0.39, 0.29) is 28.2 Å². The Bertz CT molecular complexity index is 1080. The molecule has 0 aliphatic carbocycles. The maximum absolute atomic E-state index is 13.3. The Kier molecular flexibility index (Phi) is 9.21. The summed E-state index contributed by atoms with van der Waals surface area (Å²) < 4.78 is 25.9. The average molecular weight is 521 g/mol. The number of carbonyl (C=O) groups is 2. The van der Waals surface area contributed by atoms with Gasteiger partial charge in [0.1, 0.15) is 12.6 Å². The number of sulfonamides is 1. The van der Waals surface area contributed by atoms with E-state index in [1.807, 2.05) is 0 Å². The van der Waals surface area contributed by atoms with Crippen LogP contribution in [0.15, 0.2) is 42.5 Å². The number of benzene rings is 2. The molecule has 7 nitrogen and oxygen atoms in total. The van der Waals surface area contributed by atoms with E-state index < -0.39 is 28.5 Å². The molecule has 2 amide bonds. The maximum Gasteiger partial charge on any atom is 0.244 e. The second kappa shape index (κ2) is 11.2. The van der Waals surface area contributed by atoms with Crippen LogP contribution in [-0.4, -0.2) is 50.5 Å². The largest absolute Gasteiger partial charge is 0.355 e. The van der Waals surface area contributed by atoms with E-state index in [1.54, 1.807) is 38.1 Å². The smallest absolute Gasteiger partial charge is 0.244 e. The topological polar surface area (TPSA) is 86.8 Å². The van der Waals surface area contributed by atoms with Gasteiger partial charge in [0.15, 0.2) is 0 Å². The van der Waals surface area contributed by atoms with Crippen LogP contribution in [0.25, 0.3) is 0 Å². The molecular weight excluding hydrogens is 497 g/mol. The van der Waals surface area contributed by atoms with Crippen molar-refractivity contribution >= 4 is 62.3 Å². The van der Waals surface area contributed by atoms with E-state index in [9.17, 15) is 18.0 Å². The molecule has 2 rings (SSSR count). The molecule has 0 aliphatic rings. The average Bonchev–Trinajstić information content (AvgIpc) is 2.72. The number of halogens is 3.